The number of fused-ring (bicyclic) bond motifs is 1. The Labute approximate surface area is 201 Å². The van der Waals surface area contributed by atoms with E-state index in [0.717, 1.165) is 31.7 Å². The number of aliphatic hydroxyl groups excluding tert-OH is 1. The zero-order chi connectivity index (χ0) is 23.3. The molecule has 2 aromatic heterocycles. The molecule has 5 rings (SSSR count). The van der Waals surface area contributed by atoms with Gasteiger partial charge in [0.05, 0.1) is 28.3 Å². The van der Waals surface area contributed by atoms with Crippen LogP contribution < -0.4 is 10.6 Å². The fourth-order valence-electron chi connectivity index (χ4n) is 5.15. The van der Waals surface area contributed by atoms with Crippen molar-refractivity contribution in [3.05, 3.63) is 45.7 Å². The minimum atomic E-state index is -0.295. The molecule has 0 amide bonds. The molecule has 0 aliphatic carbocycles. The van der Waals surface area contributed by atoms with Crippen LogP contribution in [-0.2, 0) is 11.3 Å². The summed E-state index contributed by atoms with van der Waals surface area (Å²) in [7, 11) is 0. The maximum Gasteiger partial charge on any atom is 0.171 e. The number of hydrogen-bond donors (Lipinski definition) is 2. The number of nitrogens with zero attached hydrogens (tertiary/aromatic N) is 5. The SMILES string of the molecule is C[C@@H]1OCC2(CCN(c3cc(C#N)c(-c4cccc(Cl)c4Cl)c4nnc(CO)n34)CC2)[C@@H]1N. The van der Waals surface area contributed by atoms with Gasteiger partial charge in [-0.2, -0.15) is 5.26 Å². The molecule has 1 aromatic carbocycles. The van der Waals surface area contributed by atoms with Crippen molar-refractivity contribution in [3.8, 4) is 17.2 Å². The Balaban J connectivity index is 1.62. The van der Waals surface area contributed by atoms with Gasteiger partial charge in [0.1, 0.15) is 18.5 Å². The predicted octanol–water partition coefficient (Wildman–Crippen LogP) is 3.40. The summed E-state index contributed by atoms with van der Waals surface area (Å²) in [6, 6.07) is 9.37. The summed E-state index contributed by atoms with van der Waals surface area (Å²) >= 11 is 12.7. The standard InChI is InChI=1S/C23H24Cl2N6O2/c1-13-21(27)23(12-33-13)5-7-30(8-6-23)18-9-14(10-26)19(15-3-2-4-16(24)20(15)25)22-29-28-17(11-32)31(18)22/h2-4,9,13,21,32H,5-8,11-12,27H2,1H3/t13-,21+/m0/s1. The van der Waals surface area contributed by atoms with Crippen LogP contribution in [0.2, 0.25) is 10.0 Å². The summed E-state index contributed by atoms with van der Waals surface area (Å²) in [4.78, 5) is 2.20. The second kappa shape index (κ2) is 8.42. The van der Waals surface area contributed by atoms with E-state index in [1.165, 1.54) is 0 Å². The Bertz CT molecular complexity index is 1260. The average molecular weight is 487 g/mol. The van der Waals surface area contributed by atoms with E-state index in [4.69, 9.17) is 33.7 Å². The van der Waals surface area contributed by atoms with Crippen LogP contribution in [0.3, 0.4) is 0 Å². The van der Waals surface area contributed by atoms with Gasteiger partial charge in [-0.05, 0) is 31.9 Å². The lowest BCUT2D eigenvalue weighted by Gasteiger charge is -2.42. The average Bonchev–Trinajstić information content (AvgIpc) is 3.38. The third-order valence-corrected chi connectivity index (χ3v) is 7.96. The number of ether oxygens (including phenoxy) is 1. The number of halogens is 2. The lowest BCUT2D eigenvalue weighted by atomic mass is 9.73. The highest BCUT2D eigenvalue weighted by Crippen LogP contribution is 2.43. The van der Waals surface area contributed by atoms with E-state index in [9.17, 15) is 10.4 Å². The van der Waals surface area contributed by atoms with E-state index < -0.39 is 0 Å². The van der Waals surface area contributed by atoms with Gasteiger partial charge in [-0.25, -0.2) is 0 Å². The van der Waals surface area contributed by atoms with Gasteiger partial charge in [-0.3, -0.25) is 4.40 Å². The zero-order valence-electron chi connectivity index (χ0n) is 18.1. The maximum atomic E-state index is 10.0. The van der Waals surface area contributed by atoms with Crippen LogP contribution in [0.5, 0.6) is 0 Å². The molecule has 0 bridgehead atoms. The third-order valence-electron chi connectivity index (χ3n) is 7.14. The van der Waals surface area contributed by atoms with Gasteiger partial charge in [0, 0.05) is 35.7 Å². The summed E-state index contributed by atoms with van der Waals surface area (Å²) in [5.74, 6) is 1.14. The molecule has 3 aromatic rings. The van der Waals surface area contributed by atoms with E-state index >= 15 is 0 Å². The maximum absolute atomic E-state index is 10.0. The van der Waals surface area contributed by atoms with E-state index in [1.807, 2.05) is 13.0 Å². The number of pyridine rings is 1. The number of aliphatic hydroxyl groups is 1. The van der Waals surface area contributed by atoms with E-state index in [2.05, 4.69) is 21.2 Å². The zero-order valence-corrected chi connectivity index (χ0v) is 19.6. The van der Waals surface area contributed by atoms with Crippen molar-refractivity contribution in [1.29, 1.82) is 5.26 Å². The summed E-state index contributed by atoms with van der Waals surface area (Å²) < 4.78 is 7.65. The minimum Gasteiger partial charge on any atom is -0.388 e. The van der Waals surface area contributed by atoms with Crippen LogP contribution in [0.15, 0.2) is 24.3 Å². The van der Waals surface area contributed by atoms with Crippen molar-refractivity contribution in [2.45, 2.75) is 38.5 Å². The smallest absolute Gasteiger partial charge is 0.171 e. The number of anilines is 1. The molecule has 2 fully saturated rings. The monoisotopic (exact) mass is 486 g/mol. The normalized spacial score (nSPS) is 22.2. The predicted molar refractivity (Wildman–Crippen MR) is 126 cm³/mol. The first-order chi connectivity index (χ1) is 15.9. The van der Waals surface area contributed by atoms with Crippen LogP contribution in [0.1, 0.15) is 31.2 Å². The molecule has 0 unspecified atom stereocenters. The number of hydrogen-bond acceptors (Lipinski definition) is 7. The molecule has 8 nitrogen and oxygen atoms in total. The van der Waals surface area contributed by atoms with Gasteiger partial charge in [0.15, 0.2) is 11.5 Å². The molecule has 3 N–H and O–H groups in total. The first-order valence-electron chi connectivity index (χ1n) is 10.9. The number of nitrogens with two attached hydrogens (primary N) is 1. The van der Waals surface area contributed by atoms with Crippen molar-refractivity contribution in [2.24, 2.45) is 11.1 Å². The molecule has 1 spiro atoms. The molecule has 10 heteroatoms. The third kappa shape index (κ3) is 3.47. The molecule has 4 heterocycles. The summed E-state index contributed by atoms with van der Waals surface area (Å²) in [5.41, 5.74) is 8.44. The number of aromatic nitrogens is 3. The summed E-state index contributed by atoms with van der Waals surface area (Å²) in [6.07, 6.45) is 1.80. The first kappa shape index (κ1) is 22.4. The van der Waals surface area contributed by atoms with Crippen LogP contribution in [0.25, 0.3) is 16.8 Å². The molecule has 2 aliphatic rings. The van der Waals surface area contributed by atoms with Crippen molar-refractivity contribution in [2.75, 3.05) is 24.6 Å². The quantitative estimate of drug-likeness (QED) is 0.582. The van der Waals surface area contributed by atoms with Gasteiger partial charge >= 0.3 is 0 Å². The van der Waals surface area contributed by atoms with Crippen molar-refractivity contribution in [3.63, 3.8) is 0 Å². The summed E-state index contributed by atoms with van der Waals surface area (Å²) in [5, 5.41) is 29.2. The Morgan fingerprint density at radius 3 is 2.70 bits per heavy atom. The van der Waals surface area contributed by atoms with Crippen molar-refractivity contribution < 1.29 is 9.84 Å². The lowest BCUT2D eigenvalue weighted by molar-refractivity contribution is 0.0974. The topological polar surface area (TPSA) is 113 Å². The molecule has 172 valence electrons. The fraction of sp³-hybridized carbons (Fsp3) is 0.435. The number of rotatable bonds is 3. The van der Waals surface area contributed by atoms with Gasteiger partial charge < -0.3 is 20.5 Å². The highest BCUT2D eigenvalue weighted by atomic mass is 35.5. The van der Waals surface area contributed by atoms with E-state index in [0.29, 0.717) is 44.8 Å². The molecule has 2 atom stereocenters. The Hall–Kier alpha value is -2.41. The Morgan fingerprint density at radius 1 is 1.30 bits per heavy atom. The van der Waals surface area contributed by atoms with E-state index in [1.54, 1.807) is 22.6 Å². The van der Waals surface area contributed by atoms with Gasteiger partial charge in [0.2, 0.25) is 0 Å². The number of benzene rings is 1. The van der Waals surface area contributed by atoms with Gasteiger partial charge in [0.25, 0.3) is 0 Å². The van der Waals surface area contributed by atoms with Crippen LogP contribution in [0.4, 0.5) is 5.82 Å². The van der Waals surface area contributed by atoms with E-state index in [-0.39, 0.29) is 24.2 Å². The number of piperidine rings is 1. The van der Waals surface area contributed by atoms with Crippen molar-refractivity contribution >= 4 is 34.7 Å². The number of nitriles is 1. The first-order valence-corrected chi connectivity index (χ1v) is 11.6. The Morgan fingerprint density at radius 2 is 2.06 bits per heavy atom. The largest absolute Gasteiger partial charge is 0.388 e. The lowest BCUT2D eigenvalue weighted by Crippen LogP contribution is -2.51. The van der Waals surface area contributed by atoms with Crippen LogP contribution in [-0.4, -0.2) is 51.5 Å². The highest BCUT2D eigenvalue weighted by Gasteiger charge is 2.47. The molecule has 33 heavy (non-hydrogen) atoms. The van der Waals surface area contributed by atoms with Crippen LogP contribution >= 0.6 is 23.2 Å². The molecule has 2 saturated heterocycles. The van der Waals surface area contributed by atoms with Crippen LogP contribution in [0, 0.1) is 16.7 Å². The summed E-state index contributed by atoms with van der Waals surface area (Å²) in [6.45, 7) is 3.88. The molecule has 0 saturated carbocycles. The minimum absolute atomic E-state index is 0.00426. The highest BCUT2D eigenvalue weighted by molar-refractivity contribution is 6.43. The molecular formula is C23H24Cl2N6O2. The fourth-order valence-corrected chi connectivity index (χ4v) is 5.54. The molecule has 0 radical (unpaired) electrons. The second-order valence-corrected chi connectivity index (χ2v) is 9.61. The molecule has 2 aliphatic heterocycles. The Kier molecular flexibility index (Phi) is 5.71. The molecular weight excluding hydrogens is 463 g/mol. The van der Waals surface area contributed by atoms with Gasteiger partial charge in [-0.1, -0.05) is 35.3 Å². The second-order valence-electron chi connectivity index (χ2n) is 8.83. The van der Waals surface area contributed by atoms with Crippen molar-refractivity contribution in [1.82, 2.24) is 14.6 Å². The van der Waals surface area contributed by atoms with Gasteiger partial charge in [-0.15, -0.1) is 10.2 Å².